The molecule has 0 aromatic heterocycles. The van der Waals surface area contributed by atoms with Crippen molar-refractivity contribution in [3.05, 3.63) is 29.3 Å². The quantitative estimate of drug-likeness (QED) is 0.265. The van der Waals surface area contributed by atoms with Gasteiger partial charge in [-0.05, 0) is 74.0 Å². The van der Waals surface area contributed by atoms with E-state index in [1.165, 1.54) is 5.56 Å². The van der Waals surface area contributed by atoms with E-state index < -0.39 is 12.1 Å². The number of carbonyl (C=O) groups excluding carboxylic acids is 1. The molecule has 4 N–H and O–H groups in total. The third-order valence-electron chi connectivity index (χ3n) is 7.68. The van der Waals surface area contributed by atoms with Crippen molar-refractivity contribution in [1.82, 2.24) is 5.32 Å². The Labute approximate surface area is 224 Å². The van der Waals surface area contributed by atoms with Gasteiger partial charge in [-0.1, -0.05) is 39.8 Å². The summed E-state index contributed by atoms with van der Waals surface area (Å²) >= 11 is 0. The van der Waals surface area contributed by atoms with Crippen LogP contribution in [0, 0.1) is 30.6 Å². The summed E-state index contributed by atoms with van der Waals surface area (Å²) in [5.74, 6) is 1.43. The number of nitrogens with one attached hydrogen (secondary N) is 1. The van der Waals surface area contributed by atoms with Crippen LogP contribution in [-0.4, -0.2) is 62.7 Å². The van der Waals surface area contributed by atoms with Crippen LogP contribution in [0.1, 0.15) is 70.9 Å². The highest BCUT2D eigenvalue weighted by atomic mass is 16.5. The first kappa shape index (κ1) is 31.5. The predicted molar refractivity (Wildman–Crippen MR) is 149 cm³/mol. The summed E-state index contributed by atoms with van der Waals surface area (Å²) < 4.78 is 16.7. The fourth-order valence-corrected chi connectivity index (χ4v) is 4.98. The molecule has 0 radical (unpaired) electrons. The molecular weight excluding hydrogens is 468 g/mol. The molecule has 1 aliphatic heterocycles. The van der Waals surface area contributed by atoms with Crippen LogP contribution in [0.5, 0.6) is 5.75 Å². The van der Waals surface area contributed by atoms with Gasteiger partial charge in [-0.3, -0.25) is 4.79 Å². The van der Waals surface area contributed by atoms with Gasteiger partial charge in [0.25, 0.3) is 0 Å². The molecule has 0 unspecified atom stereocenters. The maximum atomic E-state index is 12.9. The summed E-state index contributed by atoms with van der Waals surface area (Å²) in [5.41, 5.74) is 8.87. The Morgan fingerprint density at radius 3 is 2.57 bits per heavy atom. The molecule has 1 heterocycles. The second kappa shape index (κ2) is 16.3. The molecule has 0 aliphatic carbocycles. The van der Waals surface area contributed by atoms with Gasteiger partial charge in [-0.2, -0.15) is 0 Å². The normalized spacial score (nSPS) is 19.1. The van der Waals surface area contributed by atoms with Crippen molar-refractivity contribution >= 4 is 5.91 Å². The molecule has 1 aliphatic rings. The number of rotatable bonds is 17. The Balaban J connectivity index is 1.94. The van der Waals surface area contributed by atoms with Crippen LogP contribution in [-0.2, 0) is 20.7 Å². The number of ether oxygens (including phenoxy) is 3. The summed E-state index contributed by atoms with van der Waals surface area (Å²) in [6.07, 6.45) is 4.18. The molecule has 0 spiro atoms. The number of aliphatic hydroxyl groups is 1. The predicted octanol–water partition coefficient (Wildman–Crippen LogP) is 4.26. The lowest BCUT2D eigenvalue weighted by Crippen LogP contribution is -2.43. The average Bonchev–Trinajstić information content (AvgIpc) is 3.38. The minimum atomic E-state index is -0.736. The SMILES string of the molecule is COCCCOc1cc(C[C@@H](C[C@H](N)[C@@H](O)C[C@H](C(=O)NC[C@H]2CCCO2)C(C)C)C(C)C)ccc1C. The lowest BCUT2D eigenvalue weighted by Gasteiger charge is -2.30. The lowest BCUT2D eigenvalue weighted by atomic mass is 9.80. The minimum absolute atomic E-state index is 0.0187. The van der Waals surface area contributed by atoms with E-state index in [0.717, 1.165) is 43.6 Å². The molecule has 5 atom stereocenters. The highest BCUT2D eigenvalue weighted by Crippen LogP contribution is 2.28. The van der Waals surface area contributed by atoms with Crippen molar-refractivity contribution in [2.24, 2.45) is 29.4 Å². The number of benzene rings is 1. The van der Waals surface area contributed by atoms with Crippen molar-refractivity contribution in [1.29, 1.82) is 0 Å². The topological polar surface area (TPSA) is 103 Å². The van der Waals surface area contributed by atoms with Gasteiger partial charge >= 0.3 is 0 Å². The van der Waals surface area contributed by atoms with E-state index in [-0.39, 0.29) is 23.8 Å². The third-order valence-corrected chi connectivity index (χ3v) is 7.68. The molecule has 2 rings (SSSR count). The van der Waals surface area contributed by atoms with Gasteiger partial charge in [0.1, 0.15) is 5.75 Å². The number of hydrogen-bond donors (Lipinski definition) is 3. The first-order valence-electron chi connectivity index (χ1n) is 14.2. The molecule has 1 saturated heterocycles. The Morgan fingerprint density at radius 2 is 1.95 bits per heavy atom. The molecule has 1 fully saturated rings. The highest BCUT2D eigenvalue weighted by molar-refractivity contribution is 5.78. The van der Waals surface area contributed by atoms with Gasteiger partial charge in [-0.15, -0.1) is 0 Å². The van der Waals surface area contributed by atoms with Crippen molar-refractivity contribution in [2.45, 2.75) is 91.4 Å². The van der Waals surface area contributed by atoms with Crippen molar-refractivity contribution in [3.8, 4) is 5.75 Å². The first-order chi connectivity index (χ1) is 17.6. The summed E-state index contributed by atoms with van der Waals surface area (Å²) in [6.45, 7) is 13.1. The smallest absolute Gasteiger partial charge is 0.223 e. The maximum absolute atomic E-state index is 12.9. The van der Waals surface area contributed by atoms with E-state index in [1.807, 2.05) is 13.8 Å². The highest BCUT2D eigenvalue weighted by Gasteiger charge is 2.30. The summed E-state index contributed by atoms with van der Waals surface area (Å²) in [4.78, 5) is 12.9. The molecule has 7 nitrogen and oxygen atoms in total. The van der Waals surface area contributed by atoms with E-state index in [9.17, 15) is 9.90 Å². The van der Waals surface area contributed by atoms with Crippen LogP contribution in [0.4, 0.5) is 0 Å². The van der Waals surface area contributed by atoms with Gasteiger partial charge < -0.3 is 30.4 Å². The van der Waals surface area contributed by atoms with Gasteiger partial charge in [0, 0.05) is 45.2 Å². The largest absolute Gasteiger partial charge is 0.493 e. The monoisotopic (exact) mass is 520 g/mol. The zero-order chi connectivity index (χ0) is 27.4. The standard InChI is InChI=1S/C30H52N2O5/c1-20(2)24(15-23-11-10-22(5)29(16-23)37-14-8-12-35-6)17-27(31)28(33)18-26(21(3)4)30(34)32-19-25-9-7-13-36-25/h10-11,16,20-21,24-28,33H,7-9,12-15,17-19,31H2,1-6H3,(H,32,34)/t24-,25+,26-,27-,28-/m0/s1. The van der Waals surface area contributed by atoms with Crippen LogP contribution in [0.3, 0.4) is 0 Å². The molecule has 1 aromatic rings. The number of hydrogen-bond acceptors (Lipinski definition) is 6. The fourth-order valence-electron chi connectivity index (χ4n) is 4.98. The van der Waals surface area contributed by atoms with Crippen LogP contribution in [0.25, 0.3) is 0 Å². The lowest BCUT2D eigenvalue weighted by molar-refractivity contribution is -0.128. The van der Waals surface area contributed by atoms with Gasteiger partial charge in [0.05, 0.1) is 18.8 Å². The molecule has 1 amide bonds. The summed E-state index contributed by atoms with van der Waals surface area (Å²) in [5, 5.41) is 14.1. The van der Waals surface area contributed by atoms with Gasteiger partial charge in [0.2, 0.25) is 5.91 Å². The number of amides is 1. The van der Waals surface area contributed by atoms with Gasteiger partial charge in [0.15, 0.2) is 0 Å². The summed E-state index contributed by atoms with van der Waals surface area (Å²) in [6, 6.07) is 6.00. The second-order valence-electron chi connectivity index (χ2n) is 11.4. The number of nitrogens with two attached hydrogens (primary N) is 1. The Morgan fingerprint density at radius 1 is 1.19 bits per heavy atom. The molecule has 7 heteroatoms. The van der Waals surface area contributed by atoms with E-state index in [0.29, 0.717) is 44.4 Å². The first-order valence-corrected chi connectivity index (χ1v) is 14.2. The van der Waals surface area contributed by atoms with Crippen LogP contribution in [0.15, 0.2) is 18.2 Å². The average molecular weight is 521 g/mol. The number of carbonyl (C=O) groups is 1. The van der Waals surface area contributed by atoms with Crippen LogP contribution >= 0.6 is 0 Å². The van der Waals surface area contributed by atoms with E-state index in [2.05, 4.69) is 44.3 Å². The zero-order valence-corrected chi connectivity index (χ0v) is 24.0. The molecule has 1 aromatic carbocycles. The van der Waals surface area contributed by atoms with Crippen LogP contribution in [0.2, 0.25) is 0 Å². The molecule has 212 valence electrons. The van der Waals surface area contributed by atoms with Gasteiger partial charge in [-0.25, -0.2) is 0 Å². The van der Waals surface area contributed by atoms with E-state index in [1.54, 1.807) is 7.11 Å². The van der Waals surface area contributed by atoms with Crippen molar-refractivity contribution < 1.29 is 24.1 Å². The maximum Gasteiger partial charge on any atom is 0.223 e. The molecule has 0 saturated carbocycles. The zero-order valence-electron chi connectivity index (χ0n) is 24.0. The van der Waals surface area contributed by atoms with Crippen LogP contribution < -0.4 is 15.8 Å². The van der Waals surface area contributed by atoms with E-state index >= 15 is 0 Å². The van der Waals surface area contributed by atoms with Crippen molar-refractivity contribution in [3.63, 3.8) is 0 Å². The van der Waals surface area contributed by atoms with Crippen molar-refractivity contribution in [2.75, 3.05) is 33.5 Å². The van der Waals surface area contributed by atoms with E-state index in [4.69, 9.17) is 19.9 Å². The second-order valence-corrected chi connectivity index (χ2v) is 11.4. The molecule has 0 bridgehead atoms. The summed E-state index contributed by atoms with van der Waals surface area (Å²) in [7, 11) is 1.70. The Bertz CT molecular complexity index is 794. The number of aryl methyl sites for hydroxylation is 1. The minimum Gasteiger partial charge on any atom is -0.493 e. The number of methoxy groups -OCH3 is 1. The Hall–Kier alpha value is -1.67. The Kier molecular flexibility index (Phi) is 13.9. The fraction of sp³-hybridized carbons (Fsp3) is 0.767. The molecule has 37 heavy (non-hydrogen) atoms. The molecular formula is C30H52N2O5. The third kappa shape index (κ3) is 10.9. The number of aliphatic hydroxyl groups excluding tert-OH is 1.